The van der Waals surface area contributed by atoms with Crippen molar-refractivity contribution in [3.8, 4) is 0 Å². The van der Waals surface area contributed by atoms with Crippen LogP contribution in [-0.2, 0) is 9.59 Å². The van der Waals surface area contributed by atoms with Gasteiger partial charge >= 0.3 is 6.03 Å². The highest BCUT2D eigenvalue weighted by Crippen LogP contribution is 2.20. The van der Waals surface area contributed by atoms with E-state index in [2.05, 4.69) is 5.32 Å². The molecule has 19 heavy (non-hydrogen) atoms. The first kappa shape index (κ1) is 13.4. The minimum Gasteiger partial charge on any atom is -0.273 e. The summed E-state index contributed by atoms with van der Waals surface area (Å²) in [6.07, 6.45) is 3.43. The van der Waals surface area contributed by atoms with E-state index in [0.29, 0.717) is 0 Å². The van der Waals surface area contributed by atoms with E-state index in [-0.39, 0.29) is 10.6 Å². The molecule has 0 atom stereocenters. The van der Waals surface area contributed by atoms with Crippen molar-refractivity contribution >= 4 is 38.9 Å². The molecule has 5 nitrogen and oxygen atoms in total. The average molecular weight is 282 g/mol. The van der Waals surface area contributed by atoms with Gasteiger partial charge in [0, 0.05) is 0 Å². The smallest absolute Gasteiger partial charge is 0.273 e. The van der Waals surface area contributed by atoms with Crippen LogP contribution in [0, 0.1) is 5.82 Å². The number of halogens is 1. The molecule has 1 heterocycles. The Labute approximate surface area is 111 Å². The van der Waals surface area contributed by atoms with Crippen molar-refractivity contribution in [2.24, 2.45) is 0 Å². The zero-order valence-electron chi connectivity index (χ0n) is 10.3. The first-order chi connectivity index (χ1) is 8.91. The number of nitrogens with zero attached hydrogens (tertiary/aromatic N) is 1. The second-order valence-corrected chi connectivity index (χ2v) is 6.06. The maximum absolute atomic E-state index is 12.9. The lowest BCUT2D eigenvalue weighted by molar-refractivity contribution is -0.117. The molecule has 1 aromatic carbocycles. The molecule has 1 aliphatic heterocycles. The van der Waals surface area contributed by atoms with Gasteiger partial charge < -0.3 is 0 Å². The Hall–Kier alpha value is -2.02. The Bertz CT molecular complexity index is 606. The normalized spacial score (nSPS) is 16.1. The molecular weight excluding hydrogens is 271 g/mol. The van der Waals surface area contributed by atoms with Crippen LogP contribution in [0.25, 0.3) is 0 Å². The third-order valence-electron chi connectivity index (χ3n) is 2.52. The summed E-state index contributed by atoms with van der Waals surface area (Å²) in [6, 6.07) is 4.08. The molecule has 1 saturated heterocycles. The van der Waals surface area contributed by atoms with Crippen LogP contribution in [-0.4, -0.2) is 35.2 Å². The fraction of sp³-hybridized carbons (Fsp3) is 0.167. The van der Waals surface area contributed by atoms with Crippen molar-refractivity contribution in [3.05, 3.63) is 30.1 Å². The molecule has 1 fully saturated rings. The molecule has 0 saturated carbocycles. The lowest BCUT2D eigenvalue weighted by atomic mass is 10.2. The standard InChI is InChI=1S/C12H11FN2O3S/c1-19(2)9-10(16)14-12(18)15(11(9)17)8-5-3-7(13)4-6-8/h3-6H,1-2H3,(H,14,16,18). The van der Waals surface area contributed by atoms with E-state index in [9.17, 15) is 18.8 Å². The molecule has 0 aromatic heterocycles. The number of amides is 4. The van der Waals surface area contributed by atoms with Crippen molar-refractivity contribution in [3.63, 3.8) is 0 Å². The van der Waals surface area contributed by atoms with Crippen molar-refractivity contribution in [1.29, 1.82) is 0 Å². The van der Waals surface area contributed by atoms with Gasteiger partial charge in [0.25, 0.3) is 11.8 Å². The molecule has 0 aliphatic carbocycles. The average Bonchev–Trinajstić information content (AvgIpc) is 2.30. The van der Waals surface area contributed by atoms with E-state index >= 15 is 0 Å². The zero-order chi connectivity index (χ0) is 14.2. The van der Waals surface area contributed by atoms with E-state index in [1.165, 1.54) is 12.1 Å². The van der Waals surface area contributed by atoms with Crippen LogP contribution in [0.15, 0.2) is 24.3 Å². The lowest BCUT2D eigenvalue weighted by Crippen LogP contribution is -2.58. The number of rotatable bonds is 1. The number of anilines is 1. The van der Waals surface area contributed by atoms with E-state index in [1.807, 2.05) is 0 Å². The van der Waals surface area contributed by atoms with E-state index in [0.717, 1.165) is 17.0 Å². The molecule has 4 amide bonds. The molecule has 0 spiro atoms. The number of carbonyl (C=O) groups excluding carboxylic acids is 3. The third-order valence-corrected chi connectivity index (χ3v) is 3.70. The monoisotopic (exact) mass is 282 g/mol. The predicted molar refractivity (Wildman–Crippen MR) is 71.9 cm³/mol. The molecule has 1 aromatic rings. The van der Waals surface area contributed by atoms with Crippen LogP contribution in [0.5, 0.6) is 0 Å². The van der Waals surface area contributed by atoms with Crippen molar-refractivity contribution in [2.75, 3.05) is 17.4 Å². The van der Waals surface area contributed by atoms with Gasteiger partial charge in [0.15, 0.2) is 0 Å². The van der Waals surface area contributed by atoms with Crippen LogP contribution in [0.3, 0.4) is 0 Å². The van der Waals surface area contributed by atoms with Gasteiger partial charge in [-0.1, -0.05) is 0 Å². The molecule has 0 radical (unpaired) electrons. The lowest BCUT2D eigenvalue weighted by Gasteiger charge is -2.26. The first-order valence-electron chi connectivity index (χ1n) is 5.31. The molecule has 1 N–H and O–H groups in total. The topological polar surface area (TPSA) is 66.5 Å². The Morgan fingerprint density at radius 1 is 1.11 bits per heavy atom. The van der Waals surface area contributed by atoms with Gasteiger partial charge in [-0.3, -0.25) is 14.9 Å². The summed E-state index contributed by atoms with van der Waals surface area (Å²) in [5, 5.41) is 2.11. The van der Waals surface area contributed by atoms with Crippen LogP contribution in [0.1, 0.15) is 0 Å². The number of hydrogen-bond donors (Lipinski definition) is 1. The molecule has 7 heteroatoms. The highest BCUT2D eigenvalue weighted by molar-refractivity contribution is 8.16. The summed E-state index contributed by atoms with van der Waals surface area (Å²) >= 11 is 0. The van der Waals surface area contributed by atoms with Gasteiger partial charge in [0.2, 0.25) is 0 Å². The summed E-state index contributed by atoms with van der Waals surface area (Å²) < 4.78 is 12.9. The number of nitrogens with one attached hydrogen (secondary N) is 1. The molecule has 0 bridgehead atoms. The molecule has 2 rings (SSSR count). The summed E-state index contributed by atoms with van der Waals surface area (Å²) in [5.41, 5.74) is 0.222. The largest absolute Gasteiger partial charge is 0.335 e. The maximum Gasteiger partial charge on any atom is 0.335 e. The second-order valence-electron chi connectivity index (χ2n) is 4.02. The quantitative estimate of drug-likeness (QED) is 0.785. The number of imide groups is 2. The fourth-order valence-electron chi connectivity index (χ4n) is 1.69. The molecule has 100 valence electrons. The summed E-state index contributed by atoms with van der Waals surface area (Å²) in [4.78, 5) is 36.4. The second kappa shape index (κ2) is 4.93. The van der Waals surface area contributed by atoms with E-state index < -0.39 is 34.1 Å². The zero-order valence-corrected chi connectivity index (χ0v) is 11.1. The highest BCUT2D eigenvalue weighted by atomic mass is 32.2. The van der Waals surface area contributed by atoms with Crippen molar-refractivity contribution in [2.45, 2.75) is 0 Å². The predicted octanol–water partition coefficient (Wildman–Crippen LogP) is 1.11. The Morgan fingerprint density at radius 3 is 2.21 bits per heavy atom. The fourth-order valence-corrected chi connectivity index (χ4v) is 2.55. The minimum absolute atomic E-state index is 0.0314. The SMILES string of the molecule is CS(C)=C1C(=O)NC(=O)N(c2ccc(F)cc2)C1=O. The minimum atomic E-state index is -0.823. The number of benzene rings is 1. The number of carbonyl (C=O) groups is 3. The van der Waals surface area contributed by atoms with Crippen LogP contribution in [0.2, 0.25) is 0 Å². The maximum atomic E-state index is 12.9. The Morgan fingerprint density at radius 2 is 1.68 bits per heavy atom. The number of urea groups is 1. The van der Waals surface area contributed by atoms with Crippen molar-refractivity contribution in [1.82, 2.24) is 5.32 Å². The van der Waals surface area contributed by atoms with Gasteiger partial charge in [-0.2, -0.15) is 10.5 Å². The summed E-state index contributed by atoms with van der Waals surface area (Å²) in [7, 11) is -0.589. The van der Waals surface area contributed by atoms with Gasteiger partial charge in [0.05, 0.1) is 5.69 Å². The van der Waals surface area contributed by atoms with Crippen LogP contribution >= 0.6 is 10.5 Å². The molecule has 1 aliphatic rings. The van der Waals surface area contributed by atoms with E-state index in [4.69, 9.17) is 0 Å². The van der Waals surface area contributed by atoms with E-state index in [1.54, 1.807) is 12.5 Å². The Balaban J connectivity index is 2.48. The number of hydrogen-bond acceptors (Lipinski definition) is 3. The van der Waals surface area contributed by atoms with Gasteiger partial charge in [-0.15, -0.1) is 0 Å². The number of barbiturate groups is 1. The van der Waals surface area contributed by atoms with Gasteiger partial charge in [-0.25, -0.2) is 14.1 Å². The highest BCUT2D eigenvalue weighted by Gasteiger charge is 2.37. The van der Waals surface area contributed by atoms with Crippen LogP contribution in [0.4, 0.5) is 14.9 Å². The van der Waals surface area contributed by atoms with Gasteiger partial charge in [-0.05, 0) is 36.8 Å². The molecular formula is C12H11FN2O3S. The summed E-state index contributed by atoms with van der Waals surface area (Å²) in [6.45, 7) is 0. The third kappa shape index (κ3) is 2.41. The van der Waals surface area contributed by atoms with Crippen molar-refractivity contribution < 1.29 is 18.8 Å². The van der Waals surface area contributed by atoms with Crippen LogP contribution < -0.4 is 10.2 Å². The summed E-state index contributed by atoms with van der Waals surface area (Å²) in [5.74, 6) is -1.80. The van der Waals surface area contributed by atoms with Gasteiger partial charge in [0.1, 0.15) is 10.7 Å². The first-order valence-corrected chi connectivity index (χ1v) is 7.36. The Kier molecular flexibility index (Phi) is 3.48. The molecule has 0 unspecified atom stereocenters.